The summed E-state index contributed by atoms with van der Waals surface area (Å²) in [5, 5.41) is 9.50. The molecule has 0 spiro atoms. The van der Waals surface area contributed by atoms with Gasteiger partial charge in [-0.15, -0.1) is 0 Å². The van der Waals surface area contributed by atoms with Gasteiger partial charge >= 0.3 is 5.97 Å². The summed E-state index contributed by atoms with van der Waals surface area (Å²) < 4.78 is 5.55. The Bertz CT molecular complexity index is 596. The Morgan fingerprint density at radius 1 is 1.10 bits per heavy atom. The summed E-state index contributed by atoms with van der Waals surface area (Å²) in [5.74, 6) is -0.664. The third-order valence-electron chi connectivity index (χ3n) is 3.13. The van der Waals surface area contributed by atoms with Crippen molar-refractivity contribution in [2.24, 2.45) is 0 Å². The van der Waals surface area contributed by atoms with E-state index in [1.165, 1.54) is 11.6 Å². The number of unbranched alkanes of at least 4 members (excludes halogenated alkanes) is 1. The van der Waals surface area contributed by atoms with Crippen LogP contribution in [0, 0.1) is 0 Å². The maximum absolute atomic E-state index is 11.1. The van der Waals surface area contributed by atoms with Gasteiger partial charge in [0.05, 0.1) is 6.61 Å². The van der Waals surface area contributed by atoms with Gasteiger partial charge in [0.15, 0.2) is 0 Å². The molecule has 3 nitrogen and oxygen atoms in total. The Hall–Kier alpha value is -2.00. The number of ether oxygens (including phenoxy) is 1. The highest BCUT2D eigenvalue weighted by atomic mass is 35.5. The van der Waals surface area contributed by atoms with Crippen LogP contribution in [-0.2, 0) is 6.42 Å². The molecule has 0 unspecified atom stereocenters. The predicted molar refractivity (Wildman–Crippen MR) is 83.3 cm³/mol. The minimum Gasteiger partial charge on any atom is -0.493 e. The van der Waals surface area contributed by atoms with Crippen LogP contribution in [0.3, 0.4) is 0 Å². The molecule has 0 heterocycles. The van der Waals surface area contributed by atoms with Crippen molar-refractivity contribution in [3.63, 3.8) is 0 Å². The SMILES string of the molecule is O=C(O)c1cc(Cl)ccc1OCCCCc1ccccc1. The second-order valence-electron chi connectivity index (χ2n) is 4.74. The number of benzene rings is 2. The maximum Gasteiger partial charge on any atom is 0.339 e. The lowest BCUT2D eigenvalue weighted by molar-refractivity contribution is 0.0692. The van der Waals surface area contributed by atoms with E-state index >= 15 is 0 Å². The maximum atomic E-state index is 11.1. The molecule has 0 saturated carbocycles. The van der Waals surface area contributed by atoms with E-state index in [2.05, 4.69) is 12.1 Å². The van der Waals surface area contributed by atoms with Gasteiger partial charge in [-0.2, -0.15) is 0 Å². The number of hydrogen-bond donors (Lipinski definition) is 1. The van der Waals surface area contributed by atoms with Crippen molar-refractivity contribution < 1.29 is 14.6 Å². The normalized spacial score (nSPS) is 10.3. The van der Waals surface area contributed by atoms with Crippen LogP contribution in [0.15, 0.2) is 48.5 Å². The third-order valence-corrected chi connectivity index (χ3v) is 3.37. The largest absolute Gasteiger partial charge is 0.493 e. The van der Waals surface area contributed by atoms with E-state index in [9.17, 15) is 4.79 Å². The zero-order chi connectivity index (χ0) is 15.1. The molecule has 2 aromatic rings. The second kappa shape index (κ2) is 7.70. The van der Waals surface area contributed by atoms with Crippen LogP contribution in [-0.4, -0.2) is 17.7 Å². The number of rotatable bonds is 7. The minimum atomic E-state index is -1.03. The first-order valence-electron chi connectivity index (χ1n) is 6.86. The van der Waals surface area contributed by atoms with Crippen molar-refractivity contribution in [3.8, 4) is 5.75 Å². The van der Waals surface area contributed by atoms with E-state index in [1.54, 1.807) is 12.1 Å². The van der Waals surface area contributed by atoms with Crippen LogP contribution in [0.2, 0.25) is 5.02 Å². The number of halogens is 1. The van der Waals surface area contributed by atoms with Crippen molar-refractivity contribution in [1.29, 1.82) is 0 Å². The fraction of sp³-hybridized carbons (Fsp3) is 0.235. The average Bonchev–Trinajstić information content (AvgIpc) is 2.49. The van der Waals surface area contributed by atoms with E-state index in [0.29, 0.717) is 17.4 Å². The molecule has 2 rings (SSSR count). The molecular weight excluding hydrogens is 288 g/mol. The minimum absolute atomic E-state index is 0.102. The number of carboxylic acids is 1. The fourth-order valence-electron chi connectivity index (χ4n) is 2.05. The third kappa shape index (κ3) is 4.80. The molecule has 1 N–H and O–H groups in total. The molecule has 0 aliphatic heterocycles. The smallest absolute Gasteiger partial charge is 0.339 e. The molecular formula is C17H17ClO3. The zero-order valence-corrected chi connectivity index (χ0v) is 12.3. The highest BCUT2D eigenvalue weighted by Gasteiger charge is 2.11. The Morgan fingerprint density at radius 2 is 1.86 bits per heavy atom. The van der Waals surface area contributed by atoms with E-state index in [4.69, 9.17) is 21.4 Å². The lowest BCUT2D eigenvalue weighted by atomic mass is 10.1. The lowest BCUT2D eigenvalue weighted by Crippen LogP contribution is -2.04. The van der Waals surface area contributed by atoms with Gasteiger partial charge in [0.25, 0.3) is 0 Å². The van der Waals surface area contributed by atoms with Crippen LogP contribution in [0.1, 0.15) is 28.8 Å². The van der Waals surface area contributed by atoms with E-state index < -0.39 is 5.97 Å². The zero-order valence-electron chi connectivity index (χ0n) is 11.6. The molecule has 0 amide bonds. The van der Waals surface area contributed by atoms with Crippen molar-refractivity contribution in [2.75, 3.05) is 6.61 Å². The Morgan fingerprint density at radius 3 is 2.57 bits per heavy atom. The van der Waals surface area contributed by atoms with E-state index in [1.807, 2.05) is 18.2 Å². The molecule has 0 aliphatic carbocycles. The first kappa shape index (κ1) is 15.4. The molecule has 0 atom stereocenters. The van der Waals surface area contributed by atoms with Crippen LogP contribution >= 0.6 is 11.6 Å². The van der Waals surface area contributed by atoms with Crippen molar-refractivity contribution in [3.05, 3.63) is 64.7 Å². The van der Waals surface area contributed by atoms with E-state index in [0.717, 1.165) is 19.3 Å². The average molecular weight is 305 g/mol. The molecule has 4 heteroatoms. The summed E-state index contributed by atoms with van der Waals surface area (Å²) in [5.41, 5.74) is 1.40. The van der Waals surface area contributed by atoms with Crippen LogP contribution < -0.4 is 4.74 Å². The summed E-state index contributed by atoms with van der Waals surface area (Å²) in [6, 6.07) is 14.9. The predicted octanol–water partition coefficient (Wildman–Crippen LogP) is 4.44. The summed E-state index contributed by atoms with van der Waals surface area (Å²) in [4.78, 5) is 11.1. The first-order chi connectivity index (χ1) is 10.2. The highest BCUT2D eigenvalue weighted by Crippen LogP contribution is 2.23. The number of aryl methyl sites for hydroxylation is 1. The molecule has 0 fully saturated rings. The van der Waals surface area contributed by atoms with E-state index in [-0.39, 0.29) is 5.56 Å². The Kier molecular flexibility index (Phi) is 5.64. The molecule has 0 aliphatic rings. The topological polar surface area (TPSA) is 46.5 Å². The Labute approximate surface area is 129 Å². The number of hydrogen-bond acceptors (Lipinski definition) is 2. The summed E-state index contributed by atoms with van der Waals surface area (Å²) in [7, 11) is 0. The second-order valence-corrected chi connectivity index (χ2v) is 5.17. The van der Waals surface area contributed by atoms with Gasteiger partial charge in [-0.25, -0.2) is 4.79 Å². The number of carbonyl (C=O) groups is 1. The molecule has 110 valence electrons. The highest BCUT2D eigenvalue weighted by molar-refractivity contribution is 6.31. The van der Waals surface area contributed by atoms with Gasteiger partial charge in [0, 0.05) is 5.02 Å². The first-order valence-corrected chi connectivity index (χ1v) is 7.24. The van der Waals surface area contributed by atoms with Crippen molar-refractivity contribution in [1.82, 2.24) is 0 Å². The monoisotopic (exact) mass is 304 g/mol. The molecule has 0 radical (unpaired) electrons. The molecule has 2 aromatic carbocycles. The number of carboxylic acid groups (broad SMARTS) is 1. The molecule has 0 aromatic heterocycles. The lowest BCUT2D eigenvalue weighted by Gasteiger charge is -2.09. The van der Waals surface area contributed by atoms with Gasteiger partial charge in [-0.3, -0.25) is 0 Å². The van der Waals surface area contributed by atoms with Gasteiger partial charge < -0.3 is 9.84 Å². The molecule has 0 saturated heterocycles. The van der Waals surface area contributed by atoms with Crippen LogP contribution in [0.5, 0.6) is 5.75 Å². The van der Waals surface area contributed by atoms with Gasteiger partial charge in [-0.05, 0) is 43.0 Å². The fourth-order valence-corrected chi connectivity index (χ4v) is 2.23. The van der Waals surface area contributed by atoms with Gasteiger partial charge in [0.2, 0.25) is 0 Å². The molecule has 21 heavy (non-hydrogen) atoms. The van der Waals surface area contributed by atoms with Crippen LogP contribution in [0.4, 0.5) is 0 Å². The summed E-state index contributed by atoms with van der Waals surface area (Å²) >= 11 is 5.79. The molecule has 0 bridgehead atoms. The quantitative estimate of drug-likeness (QED) is 0.769. The van der Waals surface area contributed by atoms with Crippen LogP contribution in [0.25, 0.3) is 0 Å². The van der Waals surface area contributed by atoms with Gasteiger partial charge in [-0.1, -0.05) is 41.9 Å². The Balaban J connectivity index is 1.80. The number of aromatic carboxylic acids is 1. The summed E-state index contributed by atoms with van der Waals surface area (Å²) in [6.45, 7) is 0.495. The van der Waals surface area contributed by atoms with Crippen molar-refractivity contribution in [2.45, 2.75) is 19.3 Å². The summed E-state index contributed by atoms with van der Waals surface area (Å²) in [6.07, 6.45) is 2.87. The van der Waals surface area contributed by atoms with Crippen molar-refractivity contribution >= 4 is 17.6 Å². The van der Waals surface area contributed by atoms with Gasteiger partial charge in [0.1, 0.15) is 11.3 Å². The standard InChI is InChI=1S/C17H17ClO3/c18-14-9-10-16(15(12-14)17(19)20)21-11-5-4-8-13-6-2-1-3-7-13/h1-3,6-7,9-10,12H,4-5,8,11H2,(H,19,20).